The maximum atomic E-state index is 11.6. The first-order chi connectivity index (χ1) is 35.2. The second kappa shape index (κ2) is 23.0. The van der Waals surface area contributed by atoms with E-state index < -0.39 is 149 Å². The third-order valence-corrected chi connectivity index (χ3v) is 19.5. The van der Waals surface area contributed by atoms with Crippen LogP contribution in [0, 0.1) is 46.3 Å². The monoisotopic (exact) mass is 1060 g/mol. The molecule has 5 aliphatic heterocycles. The average molecular weight is 1070 g/mol. The lowest BCUT2D eigenvalue weighted by molar-refractivity contribution is -0.390. The highest BCUT2D eigenvalue weighted by atomic mass is 16.8. The molecule has 9 rings (SSSR count). The SMILES string of the molecule is CC1=C(CC[C@@H](C)CO[C@@H]2O[C@H](CO)[C@@H](O)[C@H](O)[C@H]2O)O[C@H]2C[C@H]3[C@@H]4CC[C@H]5C[C@@H](O[C@@H]6O[C@H](CO)[C@H](O[C@@H]7O[C@H](CO)[C@@H](O)[C@H](O)[C@H]7O[C@@H]7O[C@H](CO)[C@@H](O)[C@H](O)[C@H]7O)[C@H](O)[C@H]6O)CC[C@]5(C)[C@H]4CC[C@]3(C)[C@@H]12. The predicted molar refractivity (Wildman–Crippen MR) is 250 cm³/mol. The number of aliphatic hydroxyl groups is 14. The minimum Gasteiger partial charge on any atom is -0.494 e. The second-order valence-electron chi connectivity index (χ2n) is 23.7. The molecule has 4 saturated heterocycles. The van der Waals surface area contributed by atoms with Gasteiger partial charge in [0, 0.05) is 12.3 Å². The summed E-state index contributed by atoms with van der Waals surface area (Å²) in [5, 5.41) is 147. The van der Waals surface area contributed by atoms with Crippen molar-refractivity contribution in [1.82, 2.24) is 0 Å². The van der Waals surface area contributed by atoms with Crippen LogP contribution in [0.15, 0.2) is 11.3 Å². The van der Waals surface area contributed by atoms with Crippen molar-refractivity contribution in [1.29, 1.82) is 0 Å². The van der Waals surface area contributed by atoms with Gasteiger partial charge in [0.15, 0.2) is 25.2 Å². The molecule has 23 nitrogen and oxygen atoms in total. The van der Waals surface area contributed by atoms with Gasteiger partial charge in [-0.05, 0) is 111 Å². The maximum Gasteiger partial charge on any atom is 0.187 e. The van der Waals surface area contributed by atoms with E-state index in [9.17, 15) is 71.5 Å². The van der Waals surface area contributed by atoms with Gasteiger partial charge in [-0.1, -0.05) is 20.8 Å². The highest BCUT2D eigenvalue weighted by molar-refractivity contribution is 5.27. The minimum absolute atomic E-state index is 0.0590. The van der Waals surface area contributed by atoms with E-state index in [1.54, 1.807) is 0 Å². The Labute approximate surface area is 430 Å². The molecule has 4 aliphatic carbocycles. The fourth-order valence-corrected chi connectivity index (χ4v) is 15.2. The van der Waals surface area contributed by atoms with E-state index in [0.29, 0.717) is 36.0 Å². The van der Waals surface area contributed by atoms with Crippen LogP contribution in [0.4, 0.5) is 0 Å². The Kier molecular flexibility index (Phi) is 17.8. The zero-order chi connectivity index (χ0) is 53.3. The van der Waals surface area contributed by atoms with Crippen LogP contribution in [0.3, 0.4) is 0 Å². The van der Waals surface area contributed by atoms with Crippen molar-refractivity contribution in [2.24, 2.45) is 46.3 Å². The van der Waals surface area contributed by atoms with Gasteiger partial charge >= 0.3 is 0 Å². The van der Waals surface area contributed by atoms with Crippen LogP contribution in [0.1, 0.15) is 91.9 Å². The molecule has 8 fully saturated rings. The van der Waals surface area contributed by atoms with Gasteiger partial charge < -0.3 is 114 Å². The van der Waals surface area contributed by atoms with Crippen LogP contribution in [-0.2, 0) is 42.6 Å². The molecule has 14 N–H and O–H groups in total. The van der Waals surface area contributed by atoms with Crippen molar-refractivity contribution in [3.63, 3.8) is 0 Å². The minimum atomic E-state index is -1.91. The Hall–Kier alpha value is -1.34. The van der Waals surface area contributed by atoms with Gasteiger partial charge in [0.2, 0.25) is 0 Å². The molecule has 4 saturated carbocycles. The van der Waals surface area contributed by atoms with Crippen LogP contribution >= 0.6 is 0 Å². The molecular formula is C51H84O23. The molecular weight excluding hydrogens is 981 g/mol. The molecule has 30 atom stereocenters. The summed E-state index contributed by atoms with van der Waals surface area (Å²) in [5.41, 5.74) is 1.49. The average Bonchev–Trinajstić information content (AvgIpc) is 3.88. The molecule has 0 unspecified atom stereocenters. The lowest BCUT2D eigenvalue weighted by Crippen LogP contribution is -2.67. The van der Waals surface area contributed by atoms with E-state index in [2.05, 4.69) is 20.8 Å². The summed E-state index contributed by atoms with van der Waals surface area (Å²) < 4.78 is 53.7. The molecule has 5 heterocycles. The summed E-state index contributed by atoms with van der Waals surface area (Å²) in [6.45, 7) is 6.62. The van der Waals surface area contributed by atoms with Crippen molar-refractivity contribution in [3.05, 3.63) is 11.3 Å². The van der Waals surface area contributed by atoms with E-state index in [-0.39, 0.29) is 35.6 Å². The summed E-state index contributed by atoms with van der Waals surface area (Å²) in [6, 6.07) is 0. The van der Waals surface area contributed by atoms with Gasteiger partial charge in [-0.15, -0.1) is 0 Å². The Bertz CT molecular complexity index is 1890. The largest absolute Gasteiger partial charge is 0.494 e. The van der Waals surface area contributed by atoms with Gasteiger partial charge in [-0.25, -0.2) is 0 Å². The molecule has 0 radical (unpaired) electrons. The van der Waals surface area contributed by atoms with Crippen molar-refractivity contribution < 1.29 is 114 Å². The van der Waals surface area contributed by atoms with Crippen molar-refractivity contribution in [2.45, 2.75) is 227 Å². The van der Waals surface area contributed by atoms with Crippen molar-refractivity contribution in [2.75, 3.05) is 33.0 Å². The van der Waals surface area contributed by atoms with Gasteiger partial charge in [-0.3, -0.25) is 0 Å². The topological polar surface area (TPSA) is 366 Å². The first-order valence-electron chi connectivity index (χ1n) is 27.0. The fourth-order valence-electron chi connectivity index (χ4n) is 15.2. The predicted octanol–water partition coefficient (Wildman–Crippen LogP) is -3.01. The molecule has 426 valence electrons. The highest BCUT2D eigenvalue weighted by Gasteiger charge is 2.65. The van der Waals surface area contributed by atoms with Crippen LogP contribution in [0.25, 0.3) is 0 Å². The zero-order valence-corrected chi connectivity index (χ0v) is 42.7. The third-order valence-electron chi connectivity index (χ3n) is 19.5. The summed E-state index contributed by atoms with van der Waals surface area (Å²) in [6.07, 6.45) is -22.6. The molecule has 0 amide bonds. The Morgan fingerprint density at radius 2 is 1.07 bits per heavy atom. The molecule has 74 heavy (non-hydrogen) atoms. The highest BCUT2D eigenvalue weighted by Crippen LogP contribution is 2.70. The number of hydrogen-bond donors (Lipinski definition) is 14. The van der Waals surface area contributed by atoms with Crippen LogP contribution < -0.4 is 0 Å². The lowest BCUT2D eigenvalue weighted by Gasteiger charge is -2.61. The molecule has 0 aromatic rings. The number of ether oxygens (including phenoxy) is 9. The Balaban J connectivity index is 0.786. The van der Waals surface area contributed by atoms with E-state index in [1.807, 2.05) is 6.92 Å². The first-order valence-corrected chi connectivity index (χ1v) is 27.0. The summed E-state index contributed by atoms with van der Waals surface area (Å²) in [7, 11) is 0. The fraction of sp³-hybridized carbons (Fsp3) is 0.961. The van der Waals surface area contributed by atoms with Crippen molar-refractivity contribution >= 4 is 0 Å². The molecule has 0 aromatic heterocycles. The van der Waals surface area contributed by atoms with E-state index in [0.717, 1.165) is 63.5 Å². The smallest absolute Gasteiger partial charge is 0.187 e. The first kappa shape index (κ1) is 57.3. The second-order valence-corrected chi connectivity index (χ2v) is 23.7. The van der Waals surface area contributed by atoms with E-state index >= 15 is 0 Å². The Morgan fingerprint density at radius 3 is 1.72 bits per heavy atom. The standard InChI is InChI=1S/C51H84O23/c1-20(19-66-46-41(63)37(59)34(56)29(15-52)69-46)5-8-27-21(2)33-28(68-27)14-26-24-7-6-22-13-23(9-11-50(22,3)25(24)10-12-51(26,33)4)67-47-43(65)40(62)44(32(18-55)72-47)73-49-45(39(61)36(58)31(17-54)71-49)74-48-42(64)38(60)35(57)30(16-53)70-48/h20,22-26,28-49,52-65H,5-19H2,1-4H3/t20-,22+,23+,24-,25+,26+,28+,29-,30-,31-,32-,33+,34-,35-,36-,37+,38+,39+,40-,41-,42-,43-,44+,45-,46-,47-,48+,49+,50+,51+/m1/s1. The van der Waals surface area contributed by atoms with Crippen LogP contribution in [0.5, 0.6) is 0 Å². The molecule has 0 aromatic carbocycles. The summed E-state index contributed by atoms with van der Waals surface area (Å²) in [5.74, 6) is 3.37. The number of fused-ring (bicyclic) bond motifs is 7. The van der Waals surface area contributed by atoms with Crippen LogP contribution in [0.2, 0.25) is 0 Å². The van der Waals surface area contributed by atoms with E-state index in [4.69, 9.17) is 42.6 Å². The summed E-state index contributed by atoms with van der Waals surface area (Å²) >= 11 is 0. The maximum absolute atomic E-state index is 11.6. The summed E-state index contributed by atoms with van der Waals surface area (Å²) in [4.78, 5) is 0. The molecule has 0 bridgehead atoms. The molecule has 0 spiro atoms. The normalized spacial score (nSPS) is 52.9. The number of hydrogen-bond acceptors (Lipinski definition) is 23. The van der Waals surface area contributed by atoms with E-state index in [1.165, 1.54) is 5.57 Å². The van der Waals surface area contributed by atoms with Gasteiger partial charge in [0.25, 0.3) is 0 Å². The molecule has 23 heteroatoms. The third kappa shape index (κ3) is 10.4. The number of aliphatic hydroxyl groups excluding tert-OH is 14. The quantitative estimate of drug-likeness (QED) is 0.0685. The number of allylic oxidation sites excluding steroid dienone is 1. The lowest BCUT2D eigenvalue weighted by atomic mass is 9.44. The van der Waals surface area contributed by atoms with Gasteiger partial charge in [-0.2, -0.15) is 0 Å². The zero-order valence-electron chi connectivity index (χ0n) is 42.7. The number of rotatable bonds is 16. The van der Waals surface area contributed by atoms with Gasteiger partial charge in [0.05, 0.1) is 44.9 Å². The van der Waals surface area contributed by atoms with Gasteiger partial charge in [0.1, 0.15) is 104 Å². The molecule has 9 aliphatic rings. The van der Waals surface area contributed by atoms with Crippen LogP contribution in [-0.4, -0.2) is 240 Å². The van der Waals surface area contributed by atoms with Crippen molar-refractivity contribution in [3.8, 4) is 0 Å². The Morgan fingerprint density at radius 1 is 0.541 bits per heavy atom.